The fourth-order valence-electron chi connectivity index (χ4n) is 2.59. The van der Waals surface area contributed by atoms with Crippen LogP contribution < -0.4 is 15.7 Å². The third-order valence-corrected chi connectivity index (χ3v) is 5.34. The van der Waals surface area contributed by atoms with E-state index in [4.69, 9.17) is 9.15 Å². The van der Waals surface area contributed by atoms with Gasteiger partial charge >= 0.3 is 5.63 Å². The highest BCUT2D eigenvalue weighted by molar-refractivity contribution is 8.16. The van der Waals surface area contributed by atoms with E-state index >= 15 is 0 Å². The molecule has 0 aliphatic carbocycles. The van der Waals surface area contributed by atoms with E-state index in [0.29, 0.717) is 28.7 Å². The van der Waals surface area contributed by atoms with Crippen LogP contribution in [0.4, 0.5) is 0 Å². The van der Waals surface area contributed by atoms with Gasteiger partial charge in [0.05, 0.1) is 19.2 Å². The van der Waals surface area contributed by atoms with Crippen LogP contribution in [0.2, 0.25) is 0 Å². The first kappa shape index (κ1) is 20.2. The molecule has 8 heteroatoms. The van der Waals surface area contributed by atoms with Crippen LogP contribution in [0.3, 0.4) is 0 Å². The van der Waals surface area contributed by atoms with Crippen molar-refractivity contribution in [3.8, 4) is 5.75 Å². The maximum absolute atomic E-state index is 12.8. The van der Waals surface area contributed by atoms with Gasteiger partial charge in [-0.3, -0.25) is 14.6 Å². The Morgan fingerprint density at radius 3 is 2.65 bits per heavy atom. The Hall–Kier alpha value is -2.09. The molecule has 0 saturated carbocycles. The number of thioether (sulfide) groups is 1. The lowest BCUT2D eigenvalue weighted by Gasteiger charge is -2.25. The molecule has 0 unspecified atom stereocenters. The fraction of sp³-hybridized carbons (Fsp3) is 0.556. The molecule has 0 aromatic carbocycles. The van der Waals surface area contributed by atoms with Gasteiger partial charge in [0.2, 0.25) is 5.91 Å². The maximum atomic E-state index is 12.8. The standard InChI is InChI=1S/C18H24N2O5S/c1-10(2)6-13(14-7-12(24-5)8-15(22)25-14)19-17(23)18(4)9-26-16(20-18)11(3)21/h7-8,10,13H,6,9H2,1-5H3,(H,19,23)/t13-,18+/m1/s1. The van der Waals surface area contributed by atoms with Crippen molar-refractivity contribution in [3.05, 3.63) is 28.3 Å². The second-order valence-corrected chi connectivity index (χ2v) is 7.87. The molecular formula is C18H24N2O5S. The number of amides is 1. The number of carbonyl (C=O) groups is 2. The monoisotopic (exact) mass is 380 g/mol. The lowest BCUT2D eigenvalue weighted by atomic mass is 9.98. The van der Waals surface area contributed by atoms with E-state index in [0.717, 1.165) is 0 Å². The second-order valence-electron chi connectivity index (χ2n) is 6.91. The number of nitrogens with zero attached hydrogens (tertiary/aromatic N) is 1. The summed E-state index contributed by atoms with van der Waals surface area (Å²) in [6.45, 7) is 7.15. The van der Waals surface area contributed by atoms with E-state index in [1.54, 1.807) is 13.0 Å². The first-order valence-electron chi connectivity index (χ1n) is 8.38. The number of hydrogen-bond donors (Lipinski definition) is 1. The Morgan fingerprint density at radius 2 is 2.12 bits per heavy atom. The summed E-state index contributed by atoms with van der Waals surface area (Å²) in [5, 5.41) is 3.28. The zero-order chi connectivity index (χ0) is 19.5. The van der Waals surface area contributed by atoms with E-state index in [9.17, 15) is 14.4 Å². The molecular weight excluding hydrogens is 356 g/mol. The predicted octanol–water partition coefficient (Wildman–Crippen LogP) is 2.34. The van der Waals surface area contributed by atoms with Crippen LogP contribution in [0.5, 0.6) is 5.75 Å². The largest absolute Gasteiger partial charge is 0.496 e. The first-order valence-corrected chi connectivity index (χ1v) is 9.37. The van der Waals surface area contributed by atoms with Crippen molar-refractivity contribution in [1.29, 1.82) is 0 Å². The number of nitrogens with one attached hydrogen (secondary N) is 1. The van der Waals surface area contributed by atoms with Crippen molar-refractivity contribution in [3.63, 3.8) is 0 Å². The average Bonchev–Trinajstić information content (AvgIpc) is 2.97. The third kappa shape index (κ3) is 4.75. The summed E-state index contributed by atoms with van der Waals surface area (Å²) in [5.41, 5.74) is -1.57. The van der Waals surface area contributed by atoms with Crippen molar-refractivity contribution in [2.45, 2.75) is 45.7 Å². The normalized spacial score (nSPS) is 20.6. The van der Waals surface area contributed by atoms with Crippen LogP contribution in [-0.4, -0.2) is 35.1 Å². The van der Waals surface area contributed by atoms with E-state index in [2.05, 4.69) is 10.3 Å². The molecule has 2 heterocycles. The number of hydrogen-bond acceptors (Lipinski definition) is 7. The van der Waals surface area contributed by atoms with Crippen LogP contribution >= 0.6 is 11.8 Å². The van der Waals surface area contributed by atoms with E-state index in [1.165, 1.54) is 31.9 Å². The third-order valence-electron chi connectivity index (χ3n) is 3.98. The SMILES string of the molecule is COc1cc([C@@H](CC(C)C)NC(=O)[C@]2(C)CSC(C(C)=O)=N2)oc(=O)c1. The van der Waals surface area contributed by atoms with Gasteiger partial charge in [0.1, 0.15) is 22.1 Å². The van der Waals surface area contributed by atoms with Gasteiger partial charge in [-0.2, -0.15) is 0 Å². The smallest absolute Gasteiger partial charge is 0.339 e. The molecule has 7 nitrogen and oxygen atoms in total. The van der Waals surface area contributed by atoms with Crippen molar-refractivity contribution in [1.82, 2.24) is 5.32 Å². The highest BCUT2D eigenvalue weighted by atomic mass is 32.2. The summed E-state index contributed by atoms with van der Waals surface area (Å²) in [6, 6.07) is 2.35. The quantitative estimate of drug-likeness (QED) is 0.780. The zero-order valence-corrected chi connectivity index (χ0v) is 16.4. The van der Waals surface area contributed by atoms with Crippen molar-refractivity contribution >= 4 is 28.5 Å². The van der Waals surface area contributed by atoms with Gasteiger partial charge in [0.15, 0.2) is 5.78 Å². The zero-order valence-electron chi connectivity index (χ0n) is 15.6. The molecule has 0 fully saturated rings. The number of aliphatic imine (C=N–C) groups is 1. The van der Waals surface area contributed by atoms with Crippen LogP contribution in [0.1, 0.15) is 45.9 Å². The first-order chi connectivity index (χ1) is 12.1. The number of ketones is 1. The molecule has 142 valence electrons. The van der Waals surface area contributed by atoms with Crippen LogP contribution in [0, 0.1) is 5.92 Å². The van der Waals surface area contributed by atoms with Gasteiger partial charge in [-0.25, -0.2) is 4.79 Å². The van der Waals surface area contributed by atoms with E-state index < -0.39 is 17.2 Å². The number of rotatable bonds is 7. The molecule has 0 bridgehead atoms. The molecule has 1 aromatic heterocycles. The van der Waals surface area contributed by atoms with Crippen molar-refractivity contribution < 1.29 is 18.7 Å². The van der Waals surface area contributed by atoms with E-state index in [1.807, 2.05) is 13.8 Å². The lowest BCUT2D eigenvalue weighted by molar-refractivity contribution is -0.125. The number of methoxy groups -OCH3 is 1. The highest BCUT2D eigenvalue weighted by Gasteiger charge is 2.40. The second kappa shape index (κ2) is 8.07. The molecule has 1 aliphatic rings. The van der Waals surface area contributed by atoms with Gasteiger partial charge in [0.25, 0.3) is 0 Å². The Labute approximate surface area is 156 Å². The number of carbonyl (C=O) groups excluding carboxylic acids is 2. The predicted molar refractivity (Wildman–Crippen MR) is 101 cm³/mol. The minimum Gasteiger partial charge on any atom is -0.496 e. The fourth-order valence-corrected chi connectivity index (χ4v) is 3.67. The van der Waals surface area contributed by atoms with Crippen LogP contribution in [-0.2, 0) is 9.59 Å². The number of Topliss-reactive ketones (excluding diaryl/α,β-unsaturated/α-hetero) is 1. The molecule has 1 N–H and O–H groups in total. The molecule has 1 aliphatic heterocycles. The highest BCUT2D eigenvalue weighted by Crippen LogP contribution is 2.30. The van der Waals surface area contributed by atoms with Gasteiger partial charge in [-0.1, -0.05) is 13.8 Å². The Balaban J connectivity index is 2.29. The summed E-state index contributed by atoms with van der Waals surface area (Å²) in [5.74, 6) is 0.893. The molecule has 26 heavy (non-hydrogen) atoms. The molecule has 1 aromatic rings. The Bertz CT molecular complexity index is 786. The van der Waals surface area contributed by atoms with Crippen molar-refractivity contribution in [2.24, 2.45) is 10.9 Å². The van der Waals surface area contributed by atoms with Crippen molar-refractivity contribution in [2.75, 3.05) is 12.9 Å². The summed E-state index contributed by atoms with van der Waals surface area (Å²) in [6.07, 6.45) is 0.578. The topological polar surface area (TPSA) is 98.0 Å². The Kier molecular flexibility index (Phi) is 6.28. The summed E-state index contributed by atoms with van der Waals surface area (Å²) in [4.78, 5) is 40.4. The molecule has 2 rings (SSSR count). The summed E-state index contributed by atoms with van der Waals surface area (Å²) in [7, 11) is 1.46. The minimum absolute atomic E-state index is 0.149. The van der Waals surface area contributed by atoms with E-state index in [-0.39, 0.29) is 17.6 Å². The minimum atomic E-state index is -1.03. The molecule has 0 saturated heterocycles. The molecule has 1 amide bonds. The maximum Gasteiger partial charge on any atom is 0.339 e. The van der Waals surface area contributed by atoms with Gasteiger partial charge in [-0.15, -0.1) is 11.8 Å². The molecule has 0 radical (unpaired) electrons. The van der Waals surface area contributed by atoms with Gasteiger partial charge < -0.3 is 14.5 Å². The summed E-state index contributed by atoms with van der Waals surface area (Å²) < 4.78 is 10.4. The van der Waals surface area contributed by atoms with Gasteiger partial charge in [-0.05, 0) is 19.3 Å². The molecule has 2 atom stereocenters. The average molecular weight is 380 g/mol. The molecule has 0 spiro atoms. The van der Waals surface area contributed by atoms with Crippen LogP contribution in [0.25, 0.3) is 0 Å². The Morgan fingerprint density at radius 1 is 1.42 bits per heavy atom. The summed E-state index contributed by atoms with van der Waals surface area (Å²) >= 11 is 1.28. The number of ether oxygens (including phenoxy) is 1. The van der Waals surface area contributed by atoms with Gasteiger partial charge in [0, 0.05) is 18.7 Å². The van der Waals surface area contributed by atoms with Crippen LogP contribution in [0.15, 0.2) is 26.3 Å². The lowest BCUT2D eigenvalue weighted by Crippen LogP contribution is -2.45.